The van der Waals surface area contributed by atoms with Gasteiger partial charge >= 0.3 is 0 Å². The molecule has 0 heterocycles. The molecular weight excluding hydrogens is 142 g/mol. The smallest absolute Gasteiger partial charge is 0.221 e. The van der Waals surface area contributed by atoms with Crippen molar-refractivity contribution >= 4 is 11.6 Å². The molecule has 0 aromatic heterocycles. The van der Waals surface area contributed by atoms with Crippen LogP contribution in [0.4, 0.5) is 5.69 Å². The van der Waals surface area contributed by atoms with Gasteiger partial charge in [-0.05, 0) is 24.2 Å². The molecule has 0 unspecified atom stereocenters. The van der Waals surface area contributed by atoms with Crippen LogP contribution in [0.1, 0.15) is 9.67 Å². The van der Waals surface area contributed by atoms with E-state index in [4.69, 9.17) is 7.85 Å². The Morgan fingerprint density at radius 1 is 1.64 bits per heavy atom. The fourth-order valence-corrected chi connectivity index (χ4v) is 0.651. The minimum Gasteiger partial charge on any atom is -0.508 e. The number of aromatic hydroxyl groups is 1. The van der Waals surface area contributed by atoms with Gasteiger partial charge in [-0.25, -0.2) is 0 Å². The van der Waals surface area contributed by atoms with Gasteiger partial charge in [0.15, 0.2) is 0 Å². The van der Waals surface area contributed by atoms with E-state index in [1.807, 2.05) is 0 Å². The molecular formula is C8H9NO2. The van der Waals surface area contributed by atoms with Crippen molar-refractivity contribution in [3.63, 3.8) is 0 Å². The summed E-state index contributed by atoms with van der Waals surface area (Å²) >= 11 is 0. The van der Waals surface area contributed by atoms with Gasteiger partial charge < -0.3 is 10.4 Å². The molecule has 11 heavy (non-hydrogen) atoms. The van der Waals surface area contributed by atoms with Gasteiger partial charge in [-0.3, -0.25) is 4.79 Å². The minimum atomic E-state index is -0.380. The van der Waals surface area contributed by atoms with Crippen molar-refractivity contribution in [3.05, 3.63) is 24.2 Å². The average molecular weight is 153 g/mol. The van der Waals surface area contributed by atoms with Crippen LogP contribution in [0.25, 0.3) is 0 Å². The molecule has 0 atom stereocenters. The summed E-state index contributed by atoms with van der Waals surface area (Å²) in [4.78, 5) is 10.6. The summed E-state index contributed by atoms with van der Waals surface area (Å²) in [5, 5.41) is 11.5. The summed E-state index contributed by atoms with van der Waals surface area (Å²) in [6.07, 6.45) is 0. The highest BCUT2D eigenvalue weighted by atomic mass is 16.3. The summed E-state index contributed by atoms with van der Waals surface area (Å²) < 4.78 is 14.4. The Morgan fingerprint density at radius 3 is 2.64 bits per heavy atom. The minimum absolute atomic E-state index is 0.170. The molecule has 0 radical (unpaired) electrons. The molecule has 0 aliphatic carbocycles. The summed E-state index contributed by atoms with van der Waals surface area (Å²) in [6.45, 7) is 1.33. The van der Waals surface area contributed by atoms with E-state index < -0.39 is 0 Å². The largest absolute Gasteiger partial charge is 0.508 e. The predicted octanol–water partition coefficient (Wildman–Crippen LogP) is 1.35. The van der Waals surface area contributed by atoms with Crippen molar-refractivity contribution in [2.75, 3.05) is 5.32 Å². The molecule has 3 nitrogen and oxygen atoms in total. The molecule has 1 aromatic carbocycles. The molecule has 1 aromatic rings. The van der Waals surface area contributed by atoms with Crippen LogP contribution >= 0.6 is 0 Å². The lowest BCUT2D eigenvalue weighted by Gasteiger charge is -1.99. The van der Waals surface area contributed by atoms with Crippen LogP contribution in [0, 0.1) is 0 Å². The Bertz CT molecular complexity index is 329. The Balaban J connectivity index is 3.06. The Morgan fingerprint density at radius 2 is 2.18 bits per heavy atom. The van der Waals surface area contributed by atoms with Gasteiger partial charge in [0.25, 0.3) is 0 Å². The molecule has 1 amide bonds. The van der Waals surface area contributed by atoms with Gasteiger partial charge in [-0.1, -0.05) is 0 Å². The van der Waals surface area contributed by atoms with Crippen LogP contribution in [-0.4, -0.2) is 11.0 Å². The van der Waals surface area contributed by atoms with Crippen molar-refractivity contribution in [3.8, 4) is 5.75 Å². The first-order chi connectivity index (χ1) is 6.00. The number of amides is 1. The van der Waals surface area contributed by atoms with Gasteiger partial charge in [0.05, 0.1) is 2.74 Å². The number of carbonyl (C=O) groups excluding carboxylic acids is 1. The molecule has 0 aliphatic rings. The lowest BCUT2D eigenvalue weighted by atomic mass is 10.3. The summed E-state index contributed by atoms with van der Waals surface area (Å²) in [7, 11) is 0. The van der Waals surface area contributed by atoms with E-state index in [2.05, 4.69) is 5.32 Å². The van der Waals surface area contributed by atoms with Gasteiger partial charge in [0, 0.05) is 12.6 Å². The number of hydrogen-bond acceptors (Lipinski definition) is 2. The van der Waals surface area contributed by atoms with Gasteiger partial charge in [-0.2, -0.15) is 0 Å². The molecule has 0 fully saturated rings. The maximum atomic E-state index is 10.6. The molecule has 2 N–H and O–H groups in total. The molecule has 58 valence electrons. The molecule has 0 saturated carbocycles. The first-order valence-electron chi connectivity index (χ1n) is 4.08. The van der Waals surface area contributed by atoms with E-state index in [9.17, 15) is 4.79 Å². The molecule has 0 saturated heterocycles. The first-order valence-corrected chi connectivity index (χ1v) is 3.08. The normalized spacial score (nSPS) is 11.7. The van der Waals surface area contributed by atoms with Crippen molar-refractivity contribution in [1.29, 1.82) is 0 Å². The molecule has 0 bridgehead atoms. The van der Waals surface area contributed by atoms with E-state index in [-0.39, 0.29) is 23.7 Å². The summed E-state index contributed by atoms with van der Waals surface area (Å²) in [6, 6.07) is 2.23. The zero-order chi connectivity index (χ0) is 10.0. The van der Waals surface area contributed by atoms with Gasteiger partial charge in [0.1, 0.15) is 5.75 Å². The number of benzene rings is 1. The number of phenolic OH excluding ortho intramolecular Hbond substituents is 1. The van der Waals surface area contributed by atoms with Crippen molar-refractivity contribution in [2.45, 2.75) is 6.92 Å². The number of carbonyl (C=O) groups is 1. The molecule has 0 aliphatic heterocycles. The molecule has 0 spiro atoms. The number of phenols is 1. The number of anilines is 1. The standard InChI is InChI=1S/C8H9NO2/c1-6(10)9-7-2-4-8(11)5-3-7/h2-5,11H,1H3,(H,9,10)/i4D,5D. The monoisotopic (exact) mass is 153 g/mol. The predicted molar refractivity (Wildman–Crippen MR) is 42.4 cm³/mol. The second-order valence-corrected chi connectivity index (χ2v) is 2.06. The van der Waals surface area contributed by atoms with E-state index in [0.717, 1.165) is 0 Å². The second-order valence-electron chi connectivity index (χ2n) is 2.06. The van der Waals surface area contributed by atoms with E-state index in [1.165, 1.54) is 19.1 Å². The third kappa shape index (κ3) is 2.29. The highest BCUT2D eigenvalue weighted by Crippen LogP contribution is 2.13. The Kier molecular flexibility index (Phi) is 1.44. The van der Waals surface area contributed by atoms with E-state index in [0.29, 0.717) is 5.69 Å². The molecule has 1 rings (SSSR count). The lowest BCUT2D eigenvalue weighted by Crippen LogP contribution is -2.04. The first kappa shape index (κ1) is 5.18. The quantitative estimate of drug-likeness (QED) is 0.598. The SMILES string of the molecule is [2H]c1cc(NC(C)=O)cc([2H])c1O. The highest BCUT2D eigenvalue weighted by Gasteiger charge is 1.93. The fourth-order valence-electron chi connectivity index (χ4n) is 0.651. The molecule has 3 heteroatoms. The van der Waals surface area contributed by atoms with E-state index >= 15 is 0 Å². The Hall–Kier alpha value is -1.51. The van der Waals surface area contributed by atoms with Crippen LogP contribution in [0.5, 0.6) is 5.75 Å². The van der Waals surface area contributed by atoms with Crippen LogP contribution in [0.3, 0.4) is 0 Å². The van der Waals surface area contributed by atoms with Crippen LogP contribution in [0.2, 0.25) is 0 Å². The fraction of sp³-hybridized carbons (Fsp3) is 0.125. The Labute approximate surface area is 67.5 Å². The number of hydrogen-bond donors (Lipinski definition) is 2. The average Bonchev–Trinajstić information content (AvgIpc) is 1.98. The van der Waals surface area contributed by atoms with Gasteiger partial charge in [-0.15, -0.1) is 0 Å². The van der Waals surface area contributed by atoms with Crippen molar-refractivity contribution < 1.29 is 12.6 Å². The lowest BCUT2D eigenvalue weighted by molar-refractivity contribution is -0.114. The van der Waals surface area contributed by atoms with Crippen LogP contribution in [-0.2, 0) is 4.79 Å². The topological polar surface area (TPSA) is 49.3 Å². The number of rotatable bonds is 1. The summed E-state index contributed by atoms with van der Waals surface area (Å²) in [5.41, 5.74) is 0.348. The van der Waals surface area contributed by atoms with Crippen LogP contribution in [0.15, 0.2) is 24.2 Å². The maximum absolute atomic E-state index is 10.6. The third-order valence-corrected chi connectivity index (χ3v) is 1.05. The zero-order valence-electron chi connectivity index (χ0n) is 8.01. The third-order valence-electron chi connectivity index (χ3n) is 1.05. The number of nitrogens with one attached hydrogen (secondary N) is 1. The van der Waals surface area contributed by atoms with E-state index in [1.54, 1.807) is 0 Å². The van der Waals surface area contributed by atoms with Crippen LogP contribution < -0.4 is 5.32 Å². The van der Waals surface area contributed by atoms with Crippen molar-refractivity contribution in [1.82, 2.24) is 0 Å². The highest BCUT2D eigenvalue weighted by molar-refractivity contribution is 5.88. The summed E-state index contributed by atoms with van der Waals surface area (Å²) in [5.74, 6) is -0.654. The van der Waals surface area contributed by atoms with Crippen molar-refractivity contribution in [2.24, 2.45) is 0 Å². The maximum Gasteiger partial charge on any atom is 0.221 e. The second kappa shape index (κ2) is 3.05. The zero-order valence-corrected chi connectivity index (χ0v) is 6.01. The van der Waals surface area contributed by atoms with Gasteiger partial charge in [0.2, 0.25) is 5.91 Å².